The molecular formula is C14H24N2S. The number of nitrogens with zero attached hydrogens (tertiary/aromatic N) is 1. The van der Waals surface area contributed by atoms with Crippen LogP contribution in [-0.4, -0.2) is 31.1 Å². The molecule has 0 saturated heterocycles. The first-order valence-electron chi connectivity index (χ1n) is 6.51. The summed E-state index contributed by atoms with van der Waals surface area (Å²) in [6, 6.07) is 4.94. The van der Waals surface area contributed by atoms with Gasteiger partial charge in [-0.25, -0.2) is 0 Å². The molecule has 0 aliphatic heterocycles. The summed E-state index contributed by atoms with van der Waals surface area (Å²) >= 11 is 1.90. The molecule has 1 saturated carbocycles. The van der Waals surface area contributed by atoms with E-state index in [1.54, 1.807) is 0 Å². The van der Waals surface area contributed by atoms with Crippen LogP contribution in [0.25, 0.3) is 0 Å². The van der Waals surface area contributed by atoms with E-state index < -0.39 is 0 Å². The summed E-state index contributed by atoms with van der Waals surface area (Å²) in [4.78, 5) is 5.26. The Balaban J connectivity index is 1.89. The number of hydrogen-bond donors (Lipinski definition) is 1. The maximum Gasteiger partial charge on any atom is 0.0386 e. The lowest BCUT2D eigenvalue weighted by atomic mass is 9.75. The highest BCUT2D eigenvalue weighted by atomic mass is 32.1. The van der Waals surface area contributed by atoms with Gasteiger partial charge in [0, 0.05) is 27.9 Å². The van der Waals surface area contributed by atoms with Crippen molar-refractivity contribution in [3.63, 3.8) is 0 Å². The van der Waals surface area contributed by atoms with Crippen molar-refractivity contribution in [1.29, 1.82) is 0 Å². The predicted molar refractivity (Wildman–Crippen MR) is 75.7 cm³/mol. The highest BCUT2D eigenvalue weighted by Gasteiger charge is 2.38. The van der Waals surface area contributed by atoms with Crippen LogP contribution in [0.2, 0.25) is 0 Å². The van der Waals surface area contributed by atoms with Crippen LogP contribution in [0.3, 0.4) is 0 Å². The number of thiophene rings is 1. The minimum atomic E-state index is 0.417. The van der Waals surface area contributed by atoms with Gasteiger partial charge in [0.2, 0.25) is 0 Å². The molecule has 0 radical (unpaired) electrons. The summed E-state index contributed by atoms with van der Waals surface area (Å²) in [7, 11) is 4.42. The molecule has 0 spiro atoms. The third kappa shape index (κ3) is 2.72. The van der Waals surface area contributed by atoms with Crippen molar-refractivity contribution < 1.29 is 0 Å². The van der Waals surface area contributed by atoms with Crippen LogP contribution < -0.4 is 5.32 Å². The van der Waals surface area contributed by atoms with Gasteiger partial charge in [-0.05, 0) is 59.3 Å². The van der Waals surface area contributed by atoms with Crippen molar-refractivity contribution >= 4 is 11.3 Å². The number of hydrogen-bond acceptors (Lipinski definition) is 3. The fourth-order valence-corrected chi connectivity index (χ4v) is 3.40. The van der Waals surface area contributed by atoms with E-state index in [2.05, 4.69) is 50.3 Å². The summed E-state index contributed by atoms with van der Waals surface area (Å²) in [6.07, 6.45) is 4.05. The molecule has 1 N–H and O–H groups in total. The monoisotopic (exact) mass is 252 g/mol. The molecule has 1 aliphatic rings. The Morgan fingerprint density at radius 2 is 2.12 bits per heavy atom. The van der Waals surface area contributed by atoms with Gasteiger partial charge in [0.1, 0.15) is 0 Å². The Kier molecular flexibility index (Phi) is 3.91. The van der Waals surface area contributed by atoms with E-state index in [0.29, 0.717) is 11.6 Å². The Hall–Kier alpha value is -0.380. The molecule has 2 rings (SSSR count). The normalized spacial score (nSPS) is 20.3. The number of nitrogens with one attached hydrogen (secondary N) is 1. The predicted octanol–water partition coefficient (Wildman–Crippen LogP) is 3.19. The molecule has 1 unspecified atom stereocenters. The van der Waals surface area contributed by atoms with Crippen molar-refractivity contribution in [3.8, 4) is 0 Å². The van der Waals surface area contributed by atoms with Crippen LogP contribution in [0.1, 0.15) is 42.0 Å². The van der Waals surface area contributed by atoms with Crippen molar-refractivity contribution in [2.75, 3.05) is 20.6 Å². The third-order valence-corrected chi connectivity index (χ3v) is 5.34. The first kappa shape index (κ1) is 13.1. The summed E-state index contributed by atoms with van der Waals surface area (Å²) in [5.74, 6) is 0. The highest BCUT2D eigenvalue weighted by molar-refractivity contribution is 7.12. The average Bonchev–Trinajstić information content (AvgIpc) is 2.62. The Bertz CT molecular complexity index is 366. The SMILES string of the molecule is Cc1ccc(C(C)NCC2(N(C)C)CCC2)s1. The maximum absolute atomic E-state index is 3.71. The highest BCUT2D eigenvalue weighted by Crippen LogP contribution is 2.36. The summed E-state index contributed by atoms with van der Waals surface area (Å²) < 4.78 is 0. The zero-order valence-electron chi connectivity index (χ0n) is 11.4. The van der Waals surface area contributed by atoms with Gasteiger partial charge in [0.05, 0.1) is 0 Å². The van der Waals surface area contributed by atoms with Crippen LogP contribution >= 0.6 is 11.3 Å². The van der Waals surface area contributed by atoms with Gasteiger partial charge in [-0.15, -0.1) is 11.3 Å². The minimum absolute atomic E-state index is 0.417. The molecule has 1 heterocycles. The Morgan fingerprint density at radius 3 is 2.53 bits per heavy atom. The minimum Gasteiger partial charge on any atom is -0.308 e. The molecule has 1 aromatic rings. The molecule has 1 aromatic heterocycles. The second-order valence-corrected chi connectivity index (χ2v) is 6.84. The molecule has 1 aliphatic carbocycles. The number of rotatable bonds is 5. The van der Waals surface area contributed by atoms with Gasteiger partial charge < -0.3 is 10.2 Å². The molecule has 0 amide bonds. The standard InChI is InChI=1S/C14H24N2S/c1-11-6-7-13(17-11)12(2)15-10-14(16(3)4)8-5-9-14/h6-7,12,15H,5,8-10H2,1-4H3. The number of aryl methyl sites for hydroxylation is 1. The van der Waals surface area contributed by atoms with Crippen molar-refractivity contribution in [2.24, 2.45) is 0 Å². The van der Waals surface area contributed by atoms with Crippen molar-refractivity contribution in [3.05, 3.63) is 21.9 Å². The van der Waals surface area contributed by atoms with E-state index in [1.165, 1.54) is 29.0 Å². The molecule has 0 aromatic carbocycles. The van der Waals surface area contributed by atoms with Crippen LogP contribution in [0.5, 0.6) is 0 Å². The zero-order valence-corrected chi connectivity index (χ0v) is 12.2. The van der Waals surface area contributed by atoms with Gasteiger partial charge in [-0.2, -0.15) is 0 Å². The van der Waals surface area contributed by atoms with E-state index in [4.69, 9.17) is 0 Å². The van der Waals surface area contributed by atoms with Gasteiger partial charge in [-0.1, -0.05) is 0 Å². The van der Waals surface area contributed by atoms with Crippen LogP contribution in [0.4, 0.5) is 0 Å². The summed E-state index contributed by atoms with van der Waals surface area (Å²) in [5, 5.41) is 3.71. The first-order chi connectivity index (χ1) is 8.03. The van der Waals surface area contributed by atoms with Crippen LogP contribution in [0.15, 0.2) is 12.1 Å². The largest absolute Gasteiger partial charge is 0.308 e. The smallest absolute Gasteiger partial charge is 0.0386 e. The van der Waals surface area contributed by atoms with Gasteiger partial charge in [-0.3, -0.25) is 0 Å². The fourth-order valence-electron chi connectivity index (χ4n) is 2.50. The van der Waals surface area contributed by atoms with E-state index in [1.807, 2.05) is 11.3 Å². The Morgan fingerprint density at radius 1 is 1.41 bits per heavy atom. The summed E-state index contributed by atoms with van der Waals surface area (Å²) in [5.41, 5.74) is 0.417. The lowest BCUT2D eigenvalue weighted by Crippen LogP contribution is -2.56. The van der Waals surface area contributed by atoms with Gasteiger partial charge >= 0.3 is 0 Å². The van der Waals surface area contributed by atoms with Crippen LogP contribution in [0, 0.1) is 6.92 Å². The topological polar surface area (TPSA) is 15.3 Å². The second kappa shape index (κ2) is 5.09. The molecule has 1 atom stereocenters. The maximum atomic E-state index is 3.71. The first-order valence-corrected chi connectivity index (χ1v) is 7.32. The molecule has 17 heavy (non-hydrogen) atoms. The molecule has 2 nitrogen and oxygen atoms in total. The van der Waals surface area contributed by atoms with Crippen LogP contribution in [-0.2, 0) is 0 Å². The molecule has 3 heteroatoms. The van der Waals surface area contributed by atoms with E-state index in [-0.39, 0.29) is 0 Å². The second-order valence-electron chi connectivity index (χ2n) is 5.52. The summed E-state index contributed by atoms with van der Waals surface area (Å²) in [6.45, 7) is 5.56. The van der Waals surface area contributed by atoms with E-state index >= 15 is 0 Å². The zero-order chi connectivity index (χ0) is 12.5. The quantitative estimate of drug-likeness (QED) is 0.866. The fraction of sp³-hybridized carbons (Fsp3) is 0.714. The Labute approximate surface area is 109 Å². The molecule has 96 valence electrons. The number of likely N-dealkylation sites (N-methyl/N-ethyl adjacent to an activating group) is 1. The molecular weight excluding hydrogens is 228 g/mol. The average molecular weight is 252 g/mol. The van der Waals surface area contributed by atoms with Crippen molar-refractivity contribution in [2.45, 2.75) is 44.7 Å². The lowest BCUT2D eigenvalue weighted by molar-refractivity contribution is 0.0577. The van der Waals surface area contributed by atoms with E-state index in [9.17, 15) is 0 Å². The van der Waals surface area contributed by atoms with Crippen molar-refractivity contribution in [1.82, 2.24) is 10.2 Å². The lowest BCUT2D eigenvalue weighted by Gasteiger charge is -2.48. The molecule has 1 fully saturated rings. The van der Waals surface area contributed by atoms with Gasteiger partial charge in [0.15, 0.2) is 0 Å². The van der Waals surface area contributed by atoms with E-state index in [0.717, 1.165) is 6.54 Å². The molecule has 0 bridgehead atoms. The third-order valence-electron chi connectivity index (χ3n) is 4.16. The van der Waals surface area contributed by atoms with Gasteiger partial charge in [0.25, 0.3) is 0 Å².